The van der Waals surface area contributed by atoms with E-state index in [1.807, 2.05) is 49.4 Å². The number of benzene rings is 3. The summed E-state index contributed by atoms with van der Waals surface area (Å²) in [4.78, 5) is 38.2. The lowest BCUT2D eigenvalue weighted by atomic mass is 10.0. The highest BCUT2D eigenvalue weighted by molar-refractivity contribution is 7.58. The average molecular weight is 608 g/mol. The van der Waals surface area contributed by atoms with Gasteiger partial charge in [0, 0.05) is 50.6 Å². The molecule has 43 heavy (non-hydrogen) atoms. The molecule has 0 aliphatic rings. The Bertz CT molecular complexity index is 1380. The topological polar surface area (TPSA) is 123 Å². The van der Waals surface area contributed by atoms with Gasteiger partial charge in [0.25, 0.3) is 5.91 Å². The van der Waals surface area contributed by atoms with Crippen molar-refractivity contribution in [1.29, 1.82) is 0 Å². The van der Waals surface area contributed by atoms with Crippen LogP contribution >= 0.6 is 7.37 Å². The lowest BCUT2D eigenvalue weighted by Gasteiger charge is -2.24. The average Bonchev–Trinajstić information content (AvgIpc) is 3.02. The molecule has 0 aliphatic carbocycles. The molecule has 0 spiro atoms. The second-order valence-electron chi connectivity index (χ2n) is 10.5. The Kier molecular flexibility index (Phi) is 13.0. The van der Waals surface area contributed by atoms with Gasteiger partial charge in [0.05, 0.1) is 7.11 Å². The summed E-state index contributed by atoms with van der Waals surface area (Å²) in [6, 6.07) is 22.7. The minimum atomic E-state index is -3.13. The molecule has 9 nitrogen and oxygen atoms in total. The Labute approximate surface area is 254 Å². The summed E-state index contributed by atoms with van der Waals surface area (Å²) in [5.41, 5.74) is 2.88. The Morgan fingerprint density at radius 3 is 2.12 bits per heavy atom. The minimum absolute atomic E-state index is 0.127. The van der Waals surface area contributed by atoms with Crippen LogP contribution in [-0.4, -0.2) is 51.2 Å². The summed E-state index contributed by atoms with van der Waals surface area (Å²) in [5, 5.41) is 8.36. The van der Waals surface area contributed by atoms with Crippen LogP contribution in [0, 0.1) is 5.92 Å². The van der Waals surface area contributed by atoms with Crippen LogP contribution in [0.25, 0.3) is 0 Å². The monoisotopic (exact) mass is 607 g/mol. The van der Waals surface area contributed by atoms with E-state index < -0.39 is 13.4 Å². The van der Waals surface area contributed by atoms with E-state index in [1.54, 1.807) is 43.5 Å². The Morgan fingerprint density at radius 2 is 1.53 bits per heavy atom. The van der Waals surface area contributed by atoms with Crippen LogP contribution < -0.4 is 20.7 Å². The van der Waals surface area contributed by atoms with Gasteiger partial charge in [0.1, 0.15) is 11.8 Å². The van der Waals surface area contributed by atoms with E-state index in [0.29, 0.717) is 29.8 Å². The second kappa shape index (κ2) is 16.6. The molecular weight excluding hydrogens is 565 g/mol. The number of anilines is 1. The van der Waals surface area contributed by atoms with Crippen molar-refractivity contribution in [3.63, 3.8) is 0 Å². The predicted octanol–water partition coefficient (Wildman–Crippen LogP) is 5.65. The Hall–Kier alpha value is -3.94. The van der Waals surface area contributed by atoms with Gasteiger partial charge < -0.3 is 25.2 Å². The molecule has 0 heterocycles. The van der Waals surface area contributed by atoms with E-state index >= 15 is 0 Å². The fourth-order valence-electron chi connectivity index (χ4n) is 4.92. The van der Waals surface area contributed by atoms with Gasteiger partial charge in [-0.3, -0.25) is 18.9 Å². The van der Waals surface area contributed by atoms with Gasteiger partial charge in [-0.15, -0.1) is 0 Å². The van der Waals surface area contributed by atoms with Crippen LogP contribution in [0.3, 0.4) is 0 Å². The van der Waals surface area contributed by atoms with E-state index in [9.17, 15) is 18.9 Å². The van der Waals surface area contributed by atoms with Crippen molar-refractivity contribution in [3.05, 3.63) is 95.6 Å². The first-order valence-corrected chi connectivity index (χ1v) is 16.4. The molecule has 0 fully saturated rings. The third-order valence-corrected chi connectivity index (χ3v) is 9.79. The van der Waals surface area contributed by atoms with Gasteiger partial charge >= 0.3 is 0 Å². The normalized spacial score (nSPS) is 13.7. The Balaban J connectivity index is 1.62. The third kappa shape index (κ3) is 10.7. The molecular formula is C33H42N3O6P. The molecule has 0 saturated heterocycles. The van der Waals surface area contributed by atoms with Crippen molar-refractivity contribution in [2.24, 2.45) is 5.92 Å². The zero-order chi connectivity index (χ0) is 31.2. The highest BCUT2D eigenvalue weighted by Crippen LogP contribution is 2.52. The van der Waals surface area contributed by atoms with Gasteiger partial charge in [0.2, 0.25) is 19.2 Å². The molecule has 0 bridgehead atoms. The molecule has 3 N–H and O–H groups in total. The van der Waals surface area contributed by atoms with E-state index in [2.05, 4.69) is 16.0 Å². The van der Waals surface area contributed by atoms with Crippen molar-refractivity contribution in [2.45, 2.75) is 44.8 Å². The number of carbonyl (C=O) groups excluding carboxylic acids is 3. The second-order valence-corrected chi connectivity index (χ2v) is 13.2. The number of methoxy groups -OCH3 is 1. The fourth-order valence-corrected chi connectivity index (χ4v) is 7.20. The molecule has 3 aromatic rings. The van der Waals surface area contributed by atoms with Gasteiger partial charge in [-0.1, -0.05) is 55.8 Å². The quantitative estimate of drug-likeness (QED) is 0.181. The van der Waals surface area contributed by atoms with Gasteiger partial charge in [-0.2, -0.15) is 0 Å². The maximum atomic E-state index is 13.8. The highest BCUT2D eigenvalue weighted by Gasteiger charge is 2.29. The number of amides is 3. The number of ether oxygens (including phenoxy) is 1. The highest BCUT2D eigenvalue weighted by atomic mass is 31.2. The first-order chi connectivity index (χ1) is 20.7. The molecule has 10 heteroatoms. The summed E-state index contributed by atoms with van der Waals surface area (Å²) in [6.07, 6.45) is 2.39. The number of nitrogens with one attached hydrogen (secondary N) is 3. The van der Waals surface area contributed by atoms with Crippen LogP contribution in [0.1, 0.15) is 47.7 Å². The summed E-state index contributed by atoms with van der Waals surface area (Å²) < 4.78 is 24.6. The van der Waals surface area contributed by atoms with E-state index in [1.165, 1.54) is 14.2 Å². The maximum absolute atomic E-state index is 13.8. The van der Waals surface area contributed by atoms with Gasteiger partial charge in [0.15, 0.2) is 0 Å². The maximum Gasteiger partial charge on any atom is 0.255 e. The molecule has 0 aliphatic heterocycles. The zero-order valence-electron chi connectivity index (χ0n) is 25.3. The summed E-state index contributed by atoms with van der Waals surface area (Å²) in [5.74, 6) is -0.255. The van der Waals surface area contributed by atoms with Crippen molar-refractivity contribution in [3.8, 4) is 5.75 Å². The van der Waals surface area contributed by atoms with Crippen LogP contribution in [-0.2, 0) is 31.3 Å². The van der Waals surface area contributed by atoms with E-state index in [-0.39, 0.29) is 42.4 Å². The van der Waals surface area contributed by atoms with Crippen LogP contribution in [0.15, 0.2) is 78.9 Å². The minimum Gasteiger partial charge on any atom is -0.497 e. The molecule has 0 aromatic heterocycles. The Morgan fingerprint density at radius 1 is 0.884 bits per heavy atom. The smallest absolute Gasteiger partial charge is 0.255 e. The summed E-state index contributed by atoms with van der Waals surface area (Å²) in [6.45, 7) is 2.02. The molecule has 3 unspecified atom stereocenters. The van der Waals surface area contributed by atoms with Crippen molar-refractivity contribution in [1.82, 2.24) is 10.6 Å². The largest absolute Gasteiger partial charge is 0.497 e. The number of rotatable bonds is 16. The predicted molar refractivity (Wildman–Crippen MR) is 170 cm³/mol. The summed E-state index contributed by atoms with van der Waals surface area (Å²) in [7, 11) is 1.43. The van der Waals surface area contributed by atoms with E-state index in [4.69, 9.17) is 9.26 Å². The first kappa shape index (κ1) is 33.6. The van der Waals surface area contributed by atoms with Crippen LogP contribution in [0.5, 0.6) is 5.75 Å². The van der Waals surface area contributed by atoms with Crippen molar-refractivity contribution in [2.75, 3.05) is 32.7 Å². The van der Waals surface area contributed by atoms with Crippen LogP contribution in [0.2, 0.25) is 0 Å². The number of hydrogen-bond acceptors (Lipinski definition) is 6. The number of hydrogen-bond donors (Lipinski definition) is 3. The summed E-state index contributed by atoms with van der Waals surface area (Å²) >= 11 is 0. The van der Waals surface area contributed by atoms with Crippen LogP contribution in [0.4, 0.5) is 5.69 Å². The molecule has 0 radical (unpaired) electrons. The first-order valence-electron chi connectivity index (χ1n) is 14.4. The fraction of sp³-hybridized carbons (Fsp3) is 0.364. The number of likely N-dealkylation sites (N-methyl/N-ethyl adjacent to an activating group) is 1. The van der Waals surface area contributed by atoms with E-state index in [0.717, 1.165) is 17.5 Å². The molecule has 3 aromatic carbocycles. The molecule has 3 rings (SSSR count). The molecule has 0 saturated carbocycles. The number of carbonyl (C=O) groups is 3. The lowest BCUT2D eigenvalue weighted by molar-refractivity contribution is -0.129. The van der Waals surface area contributed by atoms with Crippen molar-refractivity contribution < 1.29 is 28.2 Å². The van der Waals surface area contributed by atoms with Gasteiger partial charge in [-0.05, 0) is 59.9 Å². The molecule has 3 atom stereocenters. The third-order valence-electron chi connectivity index (χ3n) is 7.21. The molecule has 230 valence electrons. The SMILES string of the molecule is CCCC(CC(=O)NC(Cc1ccc(OC)cc1)C(=O)NC)CP(=O)(Cc1ccc(NC(=O)c2ccccc2)cc1)OC. The zero-order valence-corrected chi connectivity index (χ0v) is 26.2. The molecule has 3 amide bonds. The standard InChI is InChI=1S/C33H42N3O6P/c1-5-9-26(21-31(37)36-30(33(39)34-2)20-24-14-18-29(41-3)19-15-24)23-43(40,42-4)22-25-12-16-28(17-13-25)35-32(38)27-10-7-6-8-11-27/h6-8,10-19,26,30H,5,9,20-23H2,1-4H3,(H,34,39)(H,35,38)(H,36,37). The lowest BCUT2D eigenvalue weighted by Crippen LogP contribution is -2.47. The van der Waals surface area contributed by atoms with Crippen molar-refractivity contribution >= 4 is 30.8 Å². The van der Waals surface area contributed by atoms with Gasteiger partial charge in [-0.25, -0.2) is 0 Å².